The normalized spacial score (nSPS) is 12.7. The van der Waals surface area contributed by atoms with Gasteiger partial charge in [-0.1, -0.05) is 54.6 Å². The first kappa shape index (κ1) is 16.5. The van der Waals surface area contributed by atoms with Gasteiger partial charge >= 0.3 is 0 Å². The Balaban J connectivity index is 2.05. The highest BCUT2D eigenvalue weighted by molar-refractivity contribution is 7.92. The quantitative estimate of drug-likeness (QED) is 0.699. The topological polar surface area (TPSA) is 43.4 Å². The first-order chi connectivity index (χ1) is 10.6. The Morgan fingerprint density at radius 3 is 2.18 bits per heavy atom. The summed E-state index contributed by atoms with van der Waals surface area (Å²) < 4.78 is 30.9. The van der Waals surface area contributed by atoms with Crippen molar-refractivity contribution in [3.8, 4) is 0 Å². The maximum absolute atomic E-state index is 12.6. The highest BCUT2D eigenvalue weighted by Gasteiger charge is 2.26. The lowest BCUT2D eigenvalue weighted by Gasteiger charge is -2.16. The van der Waals surface area contributed by atoms with E-state index in [1.807, 2.05) is 30.3 Å². The van der Waals surface area contributed by atoms with Gasteiger partial charge in [0.1, 0.15) is 0 Å². The summed E-state index contributed by atoms with van der Waals surface area (Å²) in [5, 5.41) is -0.615. The lowest BCUT2D eigenvalue weighted by atomic mass is 10.2. The molecule has 3 nitrogen and oxygen atoms in total. The van der Waals surface area contributed by atoms with Crippen LogP contribution in [0.15, 0.2) is 78.2 Å². The Morgan fingerprint density at radius 1 is 1.00 bits per heavy atom. The number of rotatable bonds is 8. The summed E-state index contributed by atoms with van der Waals surface area (Å²) in [5.41, 5.74) is 1.02. The molecule has 2 aromatic rings. The Hall–Kier alpha value is -1.91. The maximum atomic E-state index is 12.6. The summed E-state index contributed by atoms with van der Waals surface area (Å²) in [6.45, 7) is 4.21. The lowest BCUT2D eigenvalue weighted by Crippen LogP contribution is -2.26. The molecule has 4 heteroatoms. The highest BCUT2D eigenvalue weighted by Crippen LogP contribution is 2.19. The lowest BCUT2D eigenvalue weighted by molar-refractivity contribution is 0.120. The van der Waals surface area contributed by atoms with Crippen LogP contribution in [0, 0.1) is 0 Å². The number of hydrogen-bond donors (Lipinski definition) is 0. The number of sulfone groups is 1. The second-order valence-corrected chi connectivity index (χ2v) is 7.23. The summed E-state index contributed by atoms with van der Waals surface area (Å²) in [6.07, 6.45) is 1.99. The molecule has 0 bridgehead atoms. The second kappa shape index (κ2) is 7.92. The molecule has 22 heavy (non-hydrogen) atoms. The smallest absolute Gasteiger partial charge is 0.183 e. The molecular formula is C18H20O3S. The van der Waals surface area contributed by atoms with Crippen molar-refractivity contribution in [3.63, 3.8) is 0 Å². The van der Waals surface area contributed by atoms with Crippen LogP contribution in [-0.4, -0.2) is 20.3 Å². The van der Waals surface area contributed by atoms with Crippen molar-refractivity contribution < 1.29 is 13.2 Å². The van der Waals surface area contributed by atoms with Crippen molar-refractivity contribution in [2.75, 3.05) is 6.61 Å². The van der Waals surface area contributed by atoms with Crippen molar-refractivity contribution in [3.05, 3.63) is 78.9 Å². The van der Waals surface area contributed by atoms with Gasteiger partial charge in [0.25, 0.3) is 0 Å². The third-order valence-electron chi connectivity index (χ3n) is 3.36. The molecule has 0 aliphatic carbocycles. The number of benzene rings is 2. The number of hydrogen-bond acceptors (Lipinski definition) is 3. The monoisotopic (exact) mass is 316 g/mol. The zero-order valence-electron chi connectivity index (χ0n) is 12.4. The zero-order chi connectivity index (χ0) is 15.8. The summed E-state index contributed by atoms with van der Waals surface area (Å²) in [5.74, 6) is 0. The fraction of sp³-hybridized carbons (Fsp3) is 0.222. The van der Waals surface area contributed by atoms with Gasteiger partial charge in [0.05, 0.1) is 23.4 Å². The van der Waals surface area contributed by atoms with E-state index in [1.54, 1.807) is 36.4 Å². The van der Waals surface area contributed by atoms with Gasteiger partial charge in [-0.05, 0) is 24.1 Å². The van der Waals surface area contributed by atoms with Gasteiger partial charge in [-0.25, -0.2) is 8.42 Å². The molecule has 0 aliphatic heterocycles. The molecule has 1 unspecified atom stereocenters. The predicted octanol–water partition coefficient (Wildman–Crippen LogP) is 3.62. The van der Waals surface area contributed by atoms with Crippen LogP contribution < -0.4 is 0 Å². The molecule has 0 aliphatic rings. The molecule has 0 heterocycles. The van der Waals surface area contributed by atoms with Crippen molar-refractivity contribution in [2.45, 2.75) is 23.2 Å². The third-order valence-corrected chi connectivity index (χ3v) is 5.49. The van der Waals surface area contributed by atoms with E-state index >= 15 is 0 Å². The Labute approximate surface area is 132 Å². The Kier molecular flexibility index (Phi) is 5.92. The predicted molar refractivity (Wildman–Crippen MR) is 88.3 cm³/mol. The minimum Gasteiger partial charge on any atom is -0.375 e. The highest BCUT2D eigenvalue weighted by atomic mass is 32.2. The van der Waals surface area contributed by atoms with Crippen LogP contribution in [0.25, 0.3) is 0 Å². The first-order valence-electron chi connectivity index (χ1n) is 7.16. The SMILES string of the molecule is C=CCC(COCc1ccccc1)S(=O)(=O)c1ccccc1. The zero-order valence-corrected chi connectivity index (χ0v) is 13.2. The molecule has 0 aromatic heterocycles. The third kappa shape index (κ3) is 4.29. The van der Waals surface area contributed by atoms with E-state index in [9.17, 15) is 8.42 Å². The minimum absolute atomic E-state index is 0.151. The summed E-state index contributed by atoms with van der Waals surface area (Å²) in [6, 6.07) is 18.2. The molecule has 0 radical (unpaired) electrons. The number of ether oxygens (including phenoxy) is 1. The maximum Gasteiger partial charge on any atom is 0.183 e. The van der Waals surface area contributed by atoms with Gasteiger partial charge in [-0.3, -0.25) is 0 Å². The second-order valence-electron chi connectivity index (χ2n) is 5.01. The van der Waals surface area contributed by atoms with E-state index in [2.05, 4.69) is 6.58 Å². The van der Waals surface area contributed by atoms with Crippen molar-refractivity contribution >= 4 is 9.84 Å². The van der Waals surface area contributed by atoms with E-state index in [0.717, 1.165) is 5.56 Å². The van der Waals surface area contributed by atoms with Crippen molar-refractivity contribution in [2.24, 2.45) is 0 Å². The molecule has 2 aromatic carbocycles. The molecule has 2 rings (SSSR count). The van der Waals surface area contributed by atoms with E-state index < -0.39 is 15.1 Å². The Bertz CT molecular complexity index is 679. The van der Waals surface area contributed by atoms with Crippen LogP contribution in [0.1, 0.15) is 12.0 Å². The summed E-state index contributed by atoms with van der Waals surface area (Å²) >= 11 is 0. The van der Waals surface area contributed by atoms with E-state index in [-0.39, 0.29) is 6.61 Å². The summed E-state index contributed by atoms with van der Waals surface area (Å²) in [4.78, 5) is 0.324. The van der Waals surface area contributed by atoms with Gasteiger partial charge in [-0.2, -0.15) is 0 Å². The molecule has 0 spiro atoms. The molecule has 0 N–H and O–H groups in total. The largest absolute Gasteiger partial charge is 0.375 e. The average Bonchev–Trinajstić information content (AvgIpc) is 2.56. The van der Waals surface area contributed by atoms with Gasteiger partial charge in [0.15, 0.2) is 9.84 Å². The van der Waals surface area contributed by atoms with Crippen molar-refractivity contribution in [1.29, 1.82) is 0 Å². The van der Waals surface area contributed by atoms with Gasteiger partial charge in [0.2, 0.25) is 0 Å². The van der Waals surface area contributed by atoms with Gasteiger partial charge < -0.3 is 4.74 Å². The molecule has 0 saturated carbocycles. The first-order valence-corrected chi connectivity index (χ1v) is 8.70. The average molecular weight is 316 g/mol. The van der Waals surface area contributed by atoms with E-state index in [4.69, 9.17) is 4.74 Å². The molecule has 116 valence electrons. The van der Waals surface area contributed by atoms with Crippen LogP contribution in [0.5, 0.6) is 0 Å². The van der Waals surface area contributed by atoms with Crippen LogP contribution in [0.3, 0.4) is 0 Å². The Morgan fingerprint density at radius 2 is 1.59 bits per heavy atom. The molecule has 1 atom stereocenters. The van der Waals surface area contributed by atoms with E-state index in [1.165, 1.54) is 0 Å². The van der Waals surface area contributed by atoms with E-state index in [0.29, 0.717) is 17.9 Å². The van der Waals surface area contributed by atoms with Gasteiger partial charge in [-0.15, -0.1) is 6.58 Å². The van der Waals surface area contributed by atoms with Crippen LogP contribution in [0.2, 0.25) is 0 Å². The molecular weight excluding hydrogens is 296 g/mol. The molecule has 0 fully saturated rings. The van der Waals surface area contributed by atoms with Crippen LogP contribution in [0.4, 0.5) is 0 Å². The molecule has 0 amide bonds. The number of allylic oxidation sites excluding steroid dienone is 1. The fourth-order valence-electron chi connectivity index (χ4n) is 2.16. The summed E-state index contributed by atoms with van der Waals surface area (Å²) in [7, 11) is -3.41. The van der Waals surface area contributed by atoms with Gasteiger partial charge in [0, 0.05) is 0 Å². The van der Waals surface area contributed by atoms with Crippen molar-refractivity contribution in [1.82, 2.24) is 0 Å². The molecule has 0 saturated heterocycles. The standard InChI is InChI=1S/C18H20O3S/c1-2-9-18(15-21-14-16-10-5-3-6-11-16)22(19,20)17-12-7-4-8-13-17/h2-8,10-13,18H,1,9,14-15H2. The van der Waals surface area contributed by atoms with Crippen LogP contribution >= 0.6 is 0 Å². The van der Waals surface area contributed by atoms with Crippen LogP contribution in [-0.2, 0) is 21.2 Å². The fourth-order valence-corrected chi connectivity index (χ4v) is 3.74. The minimum atomic E-state index is -3.41.